The van der Waals surface area contributed by atoms with Gasteiger partial charge in [-0.2, -0.15) is 18.3 Å². The summed E-state index contributed by atoms with van der Waals surface area (Å²) < 4.78 is 57.5. The van der Waals surface area contributed by atoms with Gasteiger partial charge in [-0.05, 0) is 71.3 Å². The molecule has 1 aliphatic heterocycles. The van der Waals surface area contributed by atoms with Crippen molar-refractivity contribution in [2.24, 2.45) is 0 Å². The van der Waals surface area contributed by atoms with E-state index in [0.717, 1.165) is 41.8 Å². The largest absolute Gasteiger partial charge is 0.445 e. The van der Waals surface area contributed by atoms with Crippen LogP contribution in [-0.4, -0.2) is 62.1 Å². The number of rotatable bonds is 14. The Hall–Kier alpha value is -3.44. The van der Waals surface area contributed by atoms with E-state index in [0.29, 0.717) is 6.61 Å². The smallest absolute Gasteiger partial charge is 0.435 e. The molecule has 0 saturated carbocycles. The van der Waals surface area contributed by atoms with Gasteiger partial charge in [0.1, 0.15) is 18.9 Å². The van der Waals surface area contributed by atoms with Gasteiger partial charge < -0.3 is 25.5 Å². The Morgan fingerprint density at radius 3 is 2.64 bits per heavy atom. The van der Waals surface area contributed by atoms with Crippen molar-refractivity contribution >= 4 is 48.9 Å². The molecule has 1 unspecified atom stereocenters. The highest BCUT2D eigenvalue weighted by molar-refractivity contribution is 14.2. The summed E-state index contributed by atoms with van der Waals surface area (Å²) in [5, 5.41) is 24.9. The van der Waals surface area contributed by atoms with Gasteiger partial charge in [0.2, 0.25) is 5.91 Å². The molecule has 15 heteroatoms. The number of ether oxygens (including phenoxy) is 2. The van der Waals surface area contributed by atoms with Crippen LogP contribution in [0, 0.1) is 10.8 Å². The normalized spacial score (nSPS) is 16.4. The molecule has 2 aromatic rings. The van der Waals surface area contributed by atoms with Crippen LogP contribution in [0.25, 0.3) is 0 Å². The number of halogens is 4. The molecule has 1 aromatic carbocycles. The van der Waals surface area contributed by atoms with Gasteiger partial charge in [-0.1, -0.05) is 36.9 Å². The van der Waals surface area contributed by atoms with Gasteiger partial charge in [-0.3, -0.25) is 14.9 Å². The third-order valence-corrected chi connectivity index (χ3v) is 8.36. The van der Waals surface area contributed by atoms with E-state index in [4.69, 9.17) is 20.3 Å². The number of carbonyl (C=O) groups is 2. The van der Waals surface area contributed by atoms with E-state index in [2.05, 4.69) is 25.8 Å². The van der Waals surface area contributed by atoms with Crippen molar-refractivity contribution < 1.29 is 32.2 Å². The summed E-state index contributed by atoms with van der Waals surface area (Å²) in [6, 6.07) is 8.57. The van der Waals surface area contributed by atoms with Crippen molar-refractivity contribution in [2.45, 2.75) is 76.7 Å². The summed E-state index contributed by atoms with van der Waals surface area (Å²) in [5.41, 5.74) is -1.52. The Kier molecular flexibility index (Phi) is 12.8. The zero-order valence-corrected chi connectivity index (χ0v) is 26.6. The second kappa shape index (κ2) is 16.0. The molecule has 1 fully saturated rings. The van der Waals surface area contributed by atoms with Crippen molar-refractivity contribution in [2.75, 3.05) is 6.61 Å². The Bertz CT molecular complexity index is 1360. The van der Waals surface area contributed by atoms with Crippen LogP contribution in [0.3, 0.4) is 0 Å². The number of alkyl halides is 3. The van der Waals surface area contributed by atoms with Crippen molar-refractivity contribution in [3.63, 3.8) is 0 Å². The fourth-order valence-corrected chi connectivity index (χ4v) is 5.91. The van der Waals surface area contributed by atoms with Crippen molar-refractivity contribution in [1.29, 1.82) is 10.8 Å². The van der Waals surface area contributed by atoms with Crippen LogP contribution in [0.4, 0.5) is 18.0 Å². The van der Waals surface area contributed by atoms with Gasteiger partial charge in [0.05, 0.1) is 23.5 Å². The van der Waals surface area contributed by atoms with E-state index in [-0.39, 0.29) is 42.8 Å². The highest BCUT2D eigenvalue weighted by Gasteiger charge is 2.36. The van der Waals surface area contributed by atoms with Crippen LogP contribution >= 0.6 is 21.0 Å². The van der Waals surface area contributed by atoms with Crippen LogP contribution in [0.2, 0.25) is 0 Å². The Labute approximate surface area is 264 Å². The molecule has 2 atom stereocenters. The number of amides is 2. The number of carbonyl (C=O) groups excluding carboxylic acids is 2. The molecule has 44 heavy (non-hydrogen) atoms. The predicted molar refractivity (Wildman–Crippen MR) is 169 cm³/mol. The number of aromatic nitrogens is 2. The summed E-state index contributed by atoms with van der Waals surface area (Å²) in [6.07, 6.45) is -2.05. The van der Waals surface area contributed by atoms with Crippen LogP contribution in [-0.2, 0) is 33.6 Å². The molecule has 1 aliphatic rings. The molecule has 3 rings (SSSR count). The Morgan fingerprint density at radius 1 is 1.27 bits per heavy atom. The first-order chi connectivity index (χ1) is 20.8. The molecule has 0 spiro atoms. The monoisotopic (exact) mass is 731 g/mol. The molecule has 0 bridgehead atoms. The van der Waals surface area contributed by atoms with E-state index in [1.165, 1.54) is 0 Å². The summed E-state index contributed by atoms with van der Waals surface area (Å²) in [6.45, 7) is 7.26. The molecular weight excluding hydrogens is 694 g/mol. The maximum absolute atomic E-state index is 13.6. The molecule has 5 N–H and O–H groups in total. The standard InChI is InChI=1S/C29H37F3IN7O4/c1-19(16-34)13-22(36-27(42)44-17-20-9-5-4-6-10-20)26(41)37-28(2,3)18-40-23(14-24(39-40)29(30,31)32)21(35)15-33-38-25-11-7-8-12-43-25/h4-6,9-10,14-16,22,25,34-35,38H,1,7-8,11-13,17-18H2,2-3H3,(H,36,42)(H,37,41)/t22-,25?/m1/s1. The molecular formula is C29H37F3IN7O4. The highest BCUT2D eigenvalue weighted by atomic mass is 127. The van der Waals surface area contributed by atoms with E-state index in [9.17, 15) is 22.8 Å². The van der Waals surface area contributed by atoms with E-state index < -0.39 is 56.5 Å². The van der Waals surface area contributed by atoms with Crippen molar-refractivity contribution in [3.8, 4) is 0 Å². The van der Waals surface area contributed by atoms with E-state index in [1.54, 1.807) is 42.1 Å². The maximum atomic E-state index is 13.6. The molecule has 11 nitrogen and oxygen atoms in total. The lowest BCUT2D eigenvalue weighted by atomic mass is 10.0. The first-order valence-electron chi connectivity index (χ1n) is 13.8. The fourth-order valence-electron chi connectivity index (χ4n) is 4.20. The lowest BCUT2D eigenvalue weighted by Crippen LogP contribution is -2.55. The number of hydrogen-bond acceptors (Lipinski definition) is 8. The van der Waals surface area contributed by atoms with Gasteiger partial charge in [0.25, 0.3) is 0 Å². The topological polar surface area (TPSA) is 154 Å². The number of nitrogens with zero attached hydrogens (tertiary/aromatic N) is 2. The zero-order valence-electron chi connectivity index (χ0n) is 24.5. The van der Waals surface area contributed by atoms with Crippen LogP contribution in [0.5, 0.6) is 0 Å². The first-order valence-corrected chi connectivity index (χ1v) is 16.1. The molecule has 2 amide bonds. The third kappa shape index (κ3) is 11.2. The molecule has 0 radical (unpaired) electrons. The summed E-state index contributed by atoms with van der Waals surface area (Å²) >= 11 is -0.889. The predicted octanol–water partition coefficient (Wildman–Crippen LogP) is 4.86. The highest BCUT2D eigenvalue weighted by Crippen LogP contribution is 2.29. The third-order valence-electron chi connectivity index (χ3n) is 6.37. The maximum Gasteiger partial charge on any atom is 0.435 e. The SMILES string of the molecule is C=C(C=N)C[C@@H](NC(=O)OCc1ccccc1)C(=O)NC(C)(C)Cn1nc(C(F)(F)F)cc1C(=N)C=INC1CCCCO1. The van der Waals surface area contributed by atoms with Crippen molar-refractivity contribution in [1.82, 2.24) is 23.9 Å². The van der Waals surface area contributed by atoms with E-state index in [1.807, 2.05) is 6.07 Å². The molecule has 0 aliphatic carbocycles. The van der Waals surface area contributed by atoms with Crippen LogP contribution < -0.4 is 14.2 Å². The minimum Gasteiger partial charge on any atom is -0.445 e. The quantitative estimate of drug-likeness (QED) is 0.106. The number of alkyl carbamates (subject to hydrolysis) is 1. The average Bonchev–Trinajstić information content (AvgIpc) is 3.40. The summed E-state index contributed by atoms with van der Waals surface area (Å²) in [7, 11) is 0. The number of benzene rings is 1. The number of nitrogens with one attached hydrogen (secondary N) is 5. The van der Waals surface area contributed by atoms with Gasteiger partial charge in [-0.15, -0.1) is 0 Å². The van der Waals surface area contributed by atoms with Gasteiger partial charge in [-0.25, -0.2) is 8.32 Å². The lowest BCUT2D eigenvalue weighted by molar-refractivity contribution is -0.141. The summed E-state index contributed by atoms with van der Waals surface area (Å²) in [5.74, 6) is -0.663. The Balaban J connectivity index is 1.72. The molecule has 1 saturated heterocycles. The first kappa shape index (κ1) is 35.0. The van der Waals surface area contributed by atoms with Gasteiger partial charge in [0, 0.05) is 23.3 Å². The Morgan fingerprint density at radius 2 is 2.00 bits per heavy atom. The van der Waals surface area contributed by atoms with Crippen LogP contribution in [0.15, 0.2) is 48.6 Å². The zero-order chi connectivity index (χ0) is 32.3. The molecule has 240 valence electrons. The lowest BCUT2D eigenvalue weighted by Gasteiger charge is -2.29. The van der Waals surface area contributed by atoms with Gasteiger partial charge >= 0.3 is 12.3 Å². The second-order valence-electron chi connectivity index (χ2n) is 10.8. The van der Waals surface area contributed by atoms with Crippen LogP contribution in [0.1, 0.15) is 56.5 Å². The summed E-state index contributed by atoms with van der Waals surface area (Å²) in [4.78, 5) is 25.8. The van der Waals surface area contributed by atoms with Crippen molar-refractivity contribution in [3.05, 3.63) is 65.5 Å². The second-order valence-corrected chi connectivity index (χ2v) is 12.7. The molecule has 2 heterocycles. The average molecular weight is 732 g/mol. The molecule has 1 aromatic heterocycles. The number of hydrogen-bond donors (Lipinski definition) is 5. The van der Waals surface area contributed by atoms with Gasteiger partial charge in [0.15, 0.2) is 5.69 Å². The fraction of sp³-hybridized carbons (Fsp3) is 0.448. The minimum absolute atomic E-state index is 0.0317. The minimum atomic E-state index is -4.74. The van der Waals surface area contributed by atoms with E-state index >= 15 is 0 Å².